The Labute approximate surface area is 167 Å². The minimum Gasteiger partial charge on any atom is -0.493 e. The van der Waals surface area contributed by atoms with E-state index in [1.54, 1.807) is 14.2 Å². The molecular formula is C22H30N2O4. The molecule has 0 saturated carbocycles. The van der Waals surface area contributed by atoms with Gasteiger partial charge in [-0.1, -0.05) is 18.2 Å². The van der Waals surface area contributed by atoms with Crippen LogP contribution in [0.1, 0.15) is 18.6 Å². The van der Waals surface area contributed by atoms with Crippen LogP contribution in [0.2, 0.25) is 0 Å². The van der Waals surface area contributed by atoms with Crippen molar-refractivity contribution in [1.82, 2.24) is 4.90 Å². The highest BCUT2D eigenvalue weighted by Crippen LogP contribution is 2.31. The fraction of sp³-hybridized carbons (Fsp3) is 0.455. The largest absolute Gasteiger partial charge is 0.493 e. The Morgan fingerprint density at radius 1 is 0.929 bits per heavy atom. The van der Waals surface area contributed by atoms with Crippen LogP contribution in [0.5, 0.6) is 17.2 Å². The van der Waals surface area contributed by atoms with Crippen LogP contribution in [-0.4, -0.2) is 63.6 Å². The monoisotopic (exact) mass is 386 g/mol. The highest BCUT2D eigenvalue weighted by atomic mass is 16.5. The maximum atomic E-state index is 10.7. The zero-order valence-corrected chi connectivity index (χ0v) is 16.9. The molecule has 6 nitrogen and oxygen atoms in total. The topological polar surface area (TPSA) is 54.4 Å². The van der Waals surface area contributed by atoms with Gasteiger partial charge < -0.3 is 24.2 Å². The second-order valence-corrected chi connectivity index (χ2v) is 6.82. The van der Waals surface area contributed by atoms with Crippen molar-refractivity contribution < 1.29 is 19.3 Å². The summed E-state index contributed by atoms with van der Waals surface area (Å²) in [7, 11) is 3.21. The van der Waals surface area contributed by atoms with Crippen LogP contribution >= 0.6 is 0 Å². The number of benzene rings is 2. The van der Waals surface area contributed by atoms with Gasteiger partial charge in [0, 0.05) is 32.7 Å². The van der Waals surface area contributed by atoms with E-state index in [1.807, 2.05) is 43.3 Å². The van der Waals surface area contributed by atoms with Crippen molar-refractivity contribution in [3.05, 3.63) is 48.0 Å². The van der Waals surface area contributed by atoms with E-state index in [2.05, 4.69) is 15.9 Å². The number of methoxy groups -OCH3 is 2. The molecule has 28 heavy (non-hydrogen) atoms. The molecule has 0 amide bonds. The molecule has 152 valence electrons. The van der Waals surface area contributed by atoms with E-state index in [1.165, 1.54) is 0 Å². The van der Waals surface area contributed by atoms with E-state index < -0.39 is 6.10 Å². The van der Waals surface area contributed by atoms with Gasteiger partial charge in [-0.05, 0) is 36.8 Å². The lowest BCUT2D eigenvalue weighted by atomic mass is 10.1. The first-order valence-corrected chi connectivity index (χ1v) is 9.75. The average molecular weight is 386 g/mol. The van der Waals surface area contributed by atoms with Crippen molar-refractivity contribution in [2.24, 2.45) is 0 Å². The van der Waals surface area contributed by atoms with Gasteiger partial charge >= 0.3 is 0 Å². The number of ether oxygens (including phenoxy) is 3. The van der Waals surface area contributed by atoms with Gasteiger partial charge in [-0.25, -0.2) is 0 Å². The second kappa shape index (κ2) is 9.66. The number of anilines is 1. The standard InChI is InChI=1S/C22H30N2O4/c1-4-28-20-8-6-5-7-18(20)24-13-11-23(12-14-24)16-19(25)17-9-10-21(26-2)22(15-17)27-3/h5-10,15,19,25H,4,11-14,16H2,1-3H3. The highest BCUT2D eigenvalue weighted by Gasteiger charge is 2.22. The van der Waals surface area contributed by atoms with Crippen molar-refractivity contribution in [3.63, 3.8) is 0 Å². The maximum Gasteiger partial charge on any atom is 0.161 e. The van der Waals surface area contributed by atoms with E-state index in [9.17, 15) is 5.11 Å². The molecule has 0 spiro atoms. The molecular weight excluding hydrogens is 356 g/mol. The summed E-state index contributed by atoms with van der Waals surface area (Å²) in [6.45, 7) is 6.86. The summed E-state index contributed by atoms with van der Waals surface area (Å²) in [6, 6.07) is 13.7. The van der Waals surface area contributed by atoms with Gasteiger partial charge in [0.1, 0.15) is 5.75 Å². The van der Waals surface area contributed by atoms with Crippen LogP contribution < -0.4 is 19.1 Å². The second-order valence-electron chi connectivity index (χ2n) is 6.82. The summed E-state index contributed by atoms with van der Waals surface area (Å²) in [5.41, 5.74) is 1.98. The number of para-hydroxylation sites is 2. The fourth-order valence-corrected chi connectivity index (χ4v) is 3.58. The van der Waals surface area contributed by atoms with E-state index in [0.29, 0.717) is 24.7 Å². The summed E-state index contributed by atoms with van der Waals surface area (Å²) in [5.74, 6) is 2.24. The Kier molecular flexibility index (Phi) is 7.01. The van der Waals surface area contributed by atoms with Gasteiger partial charge in [-0.2, -0.15) is 0 Å². The van der Waals surface area contributed by atoms with Crippen LogP contribution in [0, 0.1) is 0 Å². The molecule has 1 aliphatic heterocycles. The van der Waals surface area contributed by atoms with Crippen molar-refractivity contribution in [3.8, 4) is 17.2 Å². The highest BCUT2D eigenvalue weighted by molar-refractivity contribution is 5.58. The number of aliphatic hydroxyl groups is 1. The van der Waals surface area contributed by atoms with Crippen molar-refractivity contribution >= 4 is 5.69 Å². The van der Waals surface area contributed by atoms with Crippen LogP contribution in [0.4, 0.5) is 5.69 Å². The van der Waals surface area contributed by atoms with Gasteiger partial charge in [0.05, 0.1) is 32.6 Å². The fourth-order valence-electron chi connectivity index (χ4n) is 3.58. The first-order valence-electron chi connectivity index (χ1n) is 9.75. The molecule has 0 bridgehead atoms. The van der Waals surface area contributed by atoms with Crippen molar-refractivity contribution in [2.75, 3.05) is 58.5 Å². The lowest BCUT2D eigenvalue weighted by Gasteiger charge is -2.37. The SMILES string of the molecule is CCOc1ccccc1N1CCN(CC(O)c2ccc(OC)c(OC)c2)CC1. The molecule has 0 radical (unpaired) electrons. The zero-order chi connectivity index (χ0) is 19.9. The normalized spacial score (nSPS) is 15.9. The van der Waals surface area contributed by atoms with Gasteiger partial charge in [-0.3, -0.25) is 4.90 Å². The van der Waals surface area contributed by atoms with Crippen molar-refractivity contribution in [2.45, 2.75) is 13.0 Å². The van der Waals surface area contributed by atoms with Crippen LogP contribution in [0.3, 0.4) is 0 Å². The minimum absolute atomic E-state index is 0.568. The summed E-state index contributed by atoms with van der Waals surface area (Å²) in [6.07, 6.45) is -0.568. The van der Waals surface area contributed by atoms with Gasteiger partial charge in [0.25, 0.3) is 0 Å². The lowest BCUT2D eigenvalue weighted by molar-refractivity contribution is 0.109. The number of rotatable bonds is 8. The third-order valence-electron chi connectivity index (χ3n) is 5.10. The summed E-state index contributed by atoms with van der Waals surface area (Å²) >= 11 is 0. The van der Waals surface area contributed by atoms with Gasteiger partial charge in [0.15, 0.2) is 11.5 Å². The molecule has 1 saturated heterocycles. The zero-order valence-electron chi connectivity index (χ0n) is 16.9. The molecule has 1 N–H and O–H groups in total. The van der Waals surface area contributed by atoms with E-state index >= 15 is 0 Å². The molecule has 1 heterocycles. The number of hydrogen-bond donors (Lipinski definition) is 1. The molecule has 1 atom stereocenters. The average Bonchev–Trinajstić information content (AvgIpc) is 2.74. The first-order chi connectivity index (χ1) is 13.7. The Hall–Kier alpha value is -2.44. The van der Waals surface area contributed by atoms with E-state index in [4.69, 9.17) is 14.2 Å². The summed E-state index contributed by atoms with van der Waals surface area (Å²) in [5, 5.41) is 10.7. The van der Waals surface area contributed by atoms with E-state index in [0.717, 1.165) is 43.2 Å². The predicted octanol–water partition coefficient (Wildman–Crippen LogP) is 2.96. The summed E-state index contributed by atoms with van der Waals surface area (Å²) < 4.78 is 16.4. The third kappa shape index (κ3) is 4.69. The molecule has 0 aromatic heterocycles. The molecule has 6 heteroatoms. The minimum atomic E-state index is -0.568. The Bertz CT molecular complexity index is 760. The molecule has 2 aromatic rings. The van der Waals surface area contributed by atoms with Gasteiger partial charge in [0.2, 0.25) is 0 Å². The lowest BCUT2D eigenvalue weighted by Crippen LogP contribution is -2.47. The Morgan fingerprint density at radius 3 is 2.32 bits per heavy atom. The van der Waals surface area contributed by atoms with Crippen LogP contribution in [0.25, 0.3) is 0 Å². The molecule has 1 fully saturated rings. The Balaban J connectivity index is 1.58. The molecule has 2 aromatic carbocycles. The molecule has 1 aliphatic rings. The number of hydrogen-bond acceptors (Lipinski definition) is 6. The maximum absolute atomic E-state index is 10.7. The quantitative estimate of drug-likeness (QED) is 0.753. The first kappa shape index (κ1) is 20.3. The predicted molar refractivity (Wildman–Crippen MR) is 111 cm³/mol. The number of nitrogens with zero attached hydrogens (tertiary/aromatic N) is 2. The van der Waals surface area contributed by atoms with Crippen LogP contribution in [-0.2, 0) is 0 Å². The Morgan fingerprint density at radius 2 is 1.64 bits per heavy atom. The third-order valence-corrected chi connectivity index (χ3v) is 5.10. The molecule has 3 rings (SSSR count). The van der Waals surface area contributed by atoms with E-state index in [-0.39, 0.29) is 0 Å². The number of β-amino-alcohol motifs (C(OH)–C–C–N with tert-alkyl or cyclic N) is 1. The summed E-state index contributed by atoms with van der Waals surface area (Å²) in [4.78, 5) is 4.64. The number of piperazine rings is 1. The number of aliphatic hydroxyl groups excluding tert-OH is 1. The molecule has 1 unspecified atom stereocenters. The van der Waals surface area contributed by atoms with Crippen LogP contribution in [0.15, 0.2) is 42.5 Å². The molecule has 0 aliphatic carbocycles. The van der Waals surface area contributed by atoms with Gasteiger partial charge in [-0.15, -0.1) is 0 Å². The van der Waals surface area contributed by atoms with Crippen molar-refractivity contribution in [1.29, 1.82) is 0 Å². The smallest absolute Gasteiger partial charge is 0.161 e.